The highest BCUT2D eigenvalue weighted by atomic mass is 79.9. The minimum Gasteiger partial charge on any atom is -0.456 e. The van der Waals surface area contributed by atoms with E-state index in [1.54, 1.807) is 11.0 Å². The van der Waals surface area contributed by atoms with Crippen molar-refractivity contribution in [3.63, 3.8) is 0 Å². The number of amides is 1. The molecule has 0 saturated carbocycles. The Morgan fingerprint density at radius 2 is 2.21 bits per heavy atom. The van der Waals surface area contributed by atoms with E-state index in [0.717, 1.165) is 0 Å². The Balaban J connectivity index is 2.23. The summed E-state index contributed by atoms with van der Waals surface area (Å²) < 4.78 is 5.36. The summed E-state index contributed by atoms with van der Waals surface area (Å²) in [6.07, 6.45) is 0.464. The Labute approximate surface area is 124 Å². The standard InChI is InChI=1S/C13H16BrNO3S/c1-13(2,3)18-12(17)9-4-5-19-11(9)15-7-8(14)6-10(15)16/h4-5,8H,6-7H2,1-3H3. The van der Waals surface area contributed by atoms with Crippen LogP contribution in [0.2, 0.25) is 0 Å². The van der Waals surface area contributed by atoms with Crippen molar-refractivity contribution in [2.45, 2.75) is 37.6 Å². The maximum Gasteiger partial charge on any atom is 0.341 e. The zero-order valence-electron chi connectivity index (χ0n) is 11.1. The highest BCUT2D eigenvalue weighted by Gasteiger charge is 2.33. The molecule has 6 heteroatoms. The molecule has 1 aliphatic rings. The molecule has 1 atom stereocenters. The number of halogens is 1. The first kappa shape index (κ1) is 14.5. The van der Waals surface area contributed by atoms with E-state index in [1.807, 2.05) is 26.2 Å². The molecule has 1 aromatic rings. The molecule has 4 nitrogen and oxygen atoms in total. The third kappa shape index (κ3) is 3.36. The lowest BCUT2D eigenvalue weighted by Gasteiger charge is -2.21. The van der Waals surface area contributed by atoms with Gasteiger partial charge in [0.25, 0.3) is 0 Å². The van der Waals surface area contributed by atoms with Crippen LogP contribution in [0.4, 0.5) is 5.00 Å². The summed E-state index contributed by atoms with van der Waals surface area (Å²) in [4.78, 5) is 25.8. The van der Waals surface area contributed by atoms with Gasteiger partial charge in [0, 0.05) is 17.8 Å². The Kier molecular flexibility index (Phi) is 4.01. The number of carbonyl (C=O) groups is 2. The Morgan fingerprint density at radius 1 is 1.53 bits per heavy atom. The van der Waals surface area contributed by atoms with Crippen LogP contribution in [0.1, 0.15) is 37.6 Å². The minimum atomic E-state index is -0.538. The zero-order chi connectivity index (χ0) is 14.2. The van der Waals surface area contributed by atoms with Crippen molar-refractivity contribution >= 4 is 44.1 Å². The Morgan fingerprint density at radius 3 is 2.74 bits per heavy atom. The molecule has 1 fully saturated rings. The van der Waals surface area contributed by atoms with E-state index in [9.17, 15) is 9.59 Å². The van der Waals surface area contributed by atoms with E-state index < -0.39 is 5.60 Å². The summed E-state index contributed by atoms with van der Waals surface area (Å²) in [5.74, 6) is -0.344. The predicted molar refractivity (Wildman–Crippen MR) is 79.2 cm³/mol. The first-order valence-corrected chi connectivity index (χ1v) is 7.83. The van der Waals surface area contributed by atoms with E-state index in [0.29, 0.717) is 23.5 Å². The summed E-state index contributed by atoms with van der Waals surface area (Å²) >= 11 is 4.83. The number of ether oxygens (including phenoxy) is 1. The third-order valence-electron chi connectivity index (χ3n) is 2.59. The van der Waals surface area contributed by atoms with Gasteiger partial charge in [-0.25, -0.2) is 4.79 Å². The molecule has 0 aliphatic carbocycles. The fourth-order valence-electron chi connectivity index (χ4n) is 1.86. The van der Waals surface area contributed by atoms with Crippen LogP contribution < -0.4 is 4.90 Å². The number of anilines is 1. The molecule has 1 amide bonds. The summed E-state index contributed by atoms with van der Waals surface area (Å²) in [6.45, 7) is 6.07. The van der Waals surface area contributed by atoms with Gasteiger partial charge in [-0.2, -0.15) is 0 Å². The number of alkyl halides is 1. The summed E-state index contributed by atoms with van der Waals surface area (Å²) in [5, 5.41) is 2.49. The zero-order valence-corrected chi connectivity index (χ0v) is 13.5. The van der Waals surface area contributed by atoms with E-state index in [4.69, 9.17) is 4.74 Å². The second-order valence-electron chi connectivity index (χ2n) is 5.45. The molecular weight excluding hydrogens is 330 g/mol. The Bertz CT molecular complexity index is 506. The molecule has 0 spiro atoms. The molecule has 19 heavy (non-hydrogen) atoms. The van der Waals surface area contributed by atoms with E-state index in [2.05, 4.69) is 15.9 Å². The summed E-state index contributed by atoms with van der Waals surface area (Å²) in [5.41, 5.74) is -0.0709. The summed E-state index contributed by atoms with van der Waals surface area (Å²) in [7, 11) is 0. The number of hydrogen-bond acceptors (Lipinski definition) is 4. The van der Waals surface area contributed by atoms with Gasteiger partial charge < -0.3 is 9.64 Å². The minimum absolute atomic E-state index is 0.0362. The van der Waals surface area contributed by atoms with Gasteiger partial charge >= 0.3 is 5.97 Å². The number of thiophene rings is 1. The van der Waals surface area contributed by atoms with Crippen LogP contribution in [-0.4, -0.2) is 28.8 Å². The lowest BCUT2D eigenvalue weighted by atomic mass is 10.2. The van der Waals surface area contributed by atoms with Crippen LogP contribution in [0.5, 0.6) is 0 Å². The molecule has 1 saturated heterocycles. The Hall–Kier alpha value is -0.880. The molecule has 0 radical (unpaired) electrons. The van der Waals surface area contributed by atoms with Crippen LogP contribution in [0.3, 0.4) is 0 Å². The van der Waals surface area contributed by atoms with Gasteiger partial charge in [-0.1, -0.05) is 15.9 Å². The van der Waals surface area contributed by atoms with Gasteiger partial charge in [0.2, 0.25) is 5.91 Å². The molecule has 0 N–H and O–H groups in total. The monoisotopic (exact) mass is 345 g/mol. The number of rotatable bonds is 2. The van der Waals surface area contributed by atoms with E-state index >= 15 is 0 Å². The molecule has 1 aromatic heterocycles. The van der Waals surface area contributed by atoms with E-state index in [-0.39, 0.29) is 16.7 Å². The SMILES string of the molecule is CC(C)(C)OC(=O)c1ccsc1N1CC(Br)CC1=O. The average molecular weight is 346 g/mol. The van der Waals surface area contributed by atoms with Crippen molar-refractivity contribution in [2.24, 2.45) is 0 Å². The number of carbonyl (C=O) groups excluding carboxylic acids is 2. The quantitative estimate of drug-likeness (QED) is 0.610. The highest BCUT2D eigenvalue weighted by Crippen LogP contribution is 2.33. The van der Waals surface area contributed by atoms with Crippen LogP contribution >= 0.6 is 27.3 Å². The van der Waals surface area contributed by atoms with Gasteiger partial charge in [-0.15, -0.1) is 11.3 Å². The van der Waals surface area contributed by atoms with E-state index in [1.165, 1.54) is 11.3 Å². The molecule has 2 heterocycles. The predicted octanol–water partition coefficient (Wildman–Crippen LogP) is 3.20. The first-order valence-electron chi connectivity index (χ1n) is 6.03. The van der Waals surface area contributed by atoms with Crippen LogP contribution in [0.15, 0.2) is 11.4 Å². The molecule has 1 unspecified atom stereocenters. The fraction of sp³-hybridized carbons (Fsp3) is 0.538. The lowest BCUT2D eigenvalue weighted by molar-refractivity contribution is -0.116. The highest BCUT2D eigenvalue weighted by molar-refractivity contribution is 9.09. The second-order valence-corrected chi connectivity index (χ2v) is 7.64. The molecular formula is C13H16BrNO3S. The van der Waals surface area contributed by atoms with Gasteiger partial charge in [-0.3, -0.25) is 4.79 Å². The number of hydrogen-bond donors (Lipinski definition) is 0. The smallest absolute Gasteiger partial charge is 0.341 e. The number of nitrogens with zero attached hydrogens (tertiary/aromatic N) is 1. The van der Waals surface area contributed by atoms with Crippen molar-refractivity contribution in [1.82, 2.24) is 0 Å². The van der Waals surface area contributed by atoms with Crippen molar-refractivity contribution in [3.8, 4) is 0 Å². The van der Waals surface area contributed by atoms with Crippen molar-refractivity contribution in [2.75, 3.05) is 11.4 Å². The van der Waals surface area contributed by atoms with Crippen LogP contribution in [0, 0.1) is 0 Å². The normalized spacial score (nSPS) is 19.9. The van der Waals surface area contributed by atoms with Gasteiger partial charge in [0.15, 0.2) is 0 Å². The first-order chi connectivity index (χ1) is 8.78. The lowest BCUT2D eigenvalue weighted by Crippen LogP contribution is -2.28. The molecule has 0 bridgehead atoms. The maximum atomic E-state index is 12.1. The summed E-state index contributed by atoms with van der Waals surface area (Å²) in [6, 6.07) is 1.71. The average Bonchev–Trinajstić information content (AvgIpc) is 2.81. The largest absolute Gasteiger partial charge is 0.456 e. The van der Waals surface area contributed by atoms with Crippen LogP contribution in [0.25, 0.3) is 0 Å². The molecule has 1 aliphatic heterocycles. The maximum absolute atomic E-state index is 12.1. The van der Waals surface area contributed by atoms with Crippen LogP contribution in [-0.2, 0) is 9.53 Å². The van der Waals surface area contributed by atoms with Crippen molar-refractivity contribution in [1.29, 1.82) is 0 Å². The number of esters is 1. The topological polar surface area (TPSA) is 46.6 Å². The van der Waals surface area contributed by atoms with Crippen molar-refractivity contribution < 1.29 is 14.3 Å². The second kappa shape index (κ2) is 5.25. The van der Waals surface area contributed by atoms with Gasteiger partial charge in [-0.05, 0) is 32.2 Å². The molecule has 104 valence electrons. The van der Waals surface area contributed by atoms with Gasteiger partial charge in [0.05, 0.1) is 5.56 Å². The van der Waals surface area contributed by atoms with Gasteiger partial charge in [0.1, 0.15) is 10.6 Å². The molecule has 2 rings (SSSR count). The van der Waals surface area contributed by atoms with Crippen molar-refractivity contribution in [3.05, 3.63) is 17.0 Å². The fourth-order valence-corrected chi connectivity index (χ4v) is 3.34. The third-order valence-corrected chi connectivity index (χ3v) is 4.14. The molecule has 0 aromatic carbocycles.